The van der Waals surface area contributed by atoms with E-state index < -0.39 is 0 Å². The zero-order valence-corrected chi connectivity index (χ0v) is 18.6. The first kappa shape index (κ1) is 21.1. The lowest BCUT2D eigenvalue weighted by Crippen LogP contribution is -2.48. The van der Waals surface area contributed by atoms with E-state index >= 15 is 0 Å². The number of fused-ring (bicyclic) bond motifs is 1. The molecule has 8 heteroatoms. The van der Waals surface area contributed by atoms with Crippen LogP contribution >= 0.6 is 0 Å². The maximum atomic E-state index is 13.1. The molecule has 2 aliphatic rings. The smallest absolute Gasteiger partial charge is 0.273 e. The van der Waals surface area contributed by atoms with Crippen LogP contribution in [-0.2, 0) is 11.3 Å². The second-order valence-corrected chi connectivity index (χ2v) is 8.50. The van der Waals surface area contributed by atoms with E-state index in [2.05, 4.69) is 34.3 Å². The number of nitrogens with one attached hydrogen (secondary N) is 1. The SMILES string of the molecule is CC(=O)N1CCN(c2nc(NC(C)c3ccccc3)c3c(n2)C(=O)N(C(C)C)C3)CC1. The molecule has 0 saturated carbocycles. The number of anilines is 2. The number of amides is 2. The van der Waals surface area contributed by atoms with Crippen molar-refractivity contribution in [3.05, 3.63) is 47.2 Å². The van der Waals surface area contributed by atoms with Gasteiger partial charge < -0.3 is 20.0 Å². The van der Waals surface area contributed by atoms with E-state index in [0.717, 1.165) is 11.1 Å². The molecular weight excluding hydrogens is 392 g/mol. The molecule has 0 bridgehead atoms. The van der Waals surface area contributed by atoms with Crippen LogP contribution in [0.25, 0.3) is 0 Å². The van der Waals surface area contributed by atoms with Gasteiger partial charge in [-0.3, -0.25) is 9.59 Å². The second kappa shape index (κ2) is 8.53. The van der Waals surface area contributed by atoms with Crippen LogP contribution in [0.2, 0.25) is 0 Å². The summed E-state index contributed by atoms with van der Waals surface area (Å²) in [6.45, 7) is 10.8. The number of hydrogen-bond donors (Lipinski definition) is 1. The zero-order valence-electron chi connectivity index (χ0n) is 18.6. The summed E-state index contributed by atoms with van der Waals surface area (Å²) in [5, 5.41) is 3.52. The maximum Gasteiger partial charge on any atom is 0.273 e. The van der Waals surface area contributed by atoms with E-state index in [4.69, 9.17) is 4.98 Å². The van der Waals surface area contributed by atoms with E-state index in [-0.39, 0.29) is 23.9 Å². The fourth-order valence-electron chi connectivity index (χ4n) is 4.11. The van der Waals surface area contributed by atoms with Crippen molar-refractivity contribution in [2.24, 2.45) is 0 Å². The van der Waals surface area contributed by atoms with Gasteiger partial charge in [0.25, 0.3) is 5.91 Å². The van der Waals surface area contributed by atoms with Crippen LogP contribution in [0.15, 0.2) is 30.3 Å². The van der Waals surface area contributed by atoms with Gasteiger partial charge in [-0.15, -0.1) is 0 Å². The van der Waals surface area contributed by atoms with Gasteiger partial charge >= 0.3 is 0 Å². The number of piperazine rings is 1. The predicted molar refractivity (Wildman–Crippen MR) is 120 cm³/mol. The Bertz CT molecular complexity index is 970. The molecule has 164 valence electrons. The van der Waals surface area contributed by atoms with E-state index in [1.54, 1.807) is 6.92 Å². The summed E-state index contributed by atoms with van der Waals surface area (Å²) in [6.07, 6.45) is 0. The van der Waals surface area contributed by atoms with Gasteiger partial charge in [-0.25, -0.2) is 4.98 Å². The summed E-state index contributed by atoms with van der Waals surface area (Å²) >= 11 is 0. The van der Waals surface area contributed by atoms with Crippen molar-refractivity contribution in [3.63, 3.8) is 0 Å². The largest absolute Gasteiger partial charge is 0.363 e. The quantitative estimate of drug-likeness (QED) is 0.798. The summed E-state index contributed by atoms with van der Waals surface area (Å²) in [4.78, 5) is 40.0. The summed E-state index contributed by atoms with van der Waals surface area (Å²) < 4.78 is 0. The van der Waals surface area contributed by atoms with Gasteiger partial charge in [-0.2, -0.15) is 4.98 Å². The normalized spacial score (nSPS) is 17.2. The number of hydrogen-bond acceptors (Lipinski definition) is 6. The third-order valence-corrected chi connectivity index (χ3v) is 6.07. The Labute approximate surface area is 183 Å². The Morgan fingerprint density at radius 1 is 1.03 bits per heavy atom. The first-order chi connectivity index (χ1) is 14.8. The second-order valence-electron chi connectivity index (χ2n) is 8.50. The average molecular weight is 423 g/mol. The Hall–Kier alpha value is -3.16. The molecule has 1 aromatic carbocycles. The van der Waals surface area contributed by atoms with Crippen molar-refractivity contribution in [3.8, 4) is 0 Å². The first-order valence-corrected chi connectivity index (χ1v) is 10.9. The number of nitrogens with zero attached hydrogens (tertiary/aromatic N) is 5. The highest BCUT2D eigenvalue weighted by atomic mass is 16.2. The van der Waals surface area contributed by atoms with E-state index in [0.29, 0.717) is 50.2 Å². The van der Waals surface area contributed by atoms with Gasteiger partial charge in [0, 0.05) is 50.7 Å². The van der Waals surface area contributed by atoms with Crippen LogP contribution < -0.4 is 10.2 Å². The number of benzene rings is 1. The molecule has 2 amide bonds. The number of aromatic nitrogens is 2. The highest BCUT2D eigenvalue weighted by Gasteiger charge is 2.35. The van der Waals surface area contributed by atoms with Gasteiger partial charge in [0.05, 0.1) is 6.54 Å². The Balaban J connectivity index is 1.66. The molecule has 1 saturated heterocycles. The molecule has 4 rings (SSSR count). The molecule has 2 aromatic rings. The number of carbonyl (C=O) groups is 2. The molecule has 0 radical (unpaired) electrons. The van der Waals surface area contributed by atoms with Crippen molar-refractivity contribution in [1.82, 2.24) is 19.8 Å². The molecule has 8 nitrogen and oxygen atoms in total. The van der Waals surface area contributed by atoms with Gasteiger partial charge in [0.1, 0.15) is 11.5 Å². The predicted octanol–water partition coefficient (Wildman–Crippen LogP) is 2.68. The molecular formula is C23H30N6O2. The van der Waals surface area contributed by atoms with Crippen LogP contribution in [0.3, 0.4) is 0 Å². The van der Waals surface area contributed by atoms with Crippen LogP contribution in [0.5, 0.6) is 0 Å². The molecule has 1 N–H and O–H groups in total. The summed E-state index contributed by atoms with van der Waals surface area (Å²) in [5.41, 5.74) is 2.49. The highest BCUT2D eigenvalue weighted by molar-refractivity contribution is 5.98. The fraction of sp³-hybridized carbons (Fsp3) is 0.478. The topological polar surface area (TPSA) is 81.7 Å². The van der Waals surface area contributed by atoms with Gasteiger partial charge in [-0.05, 0) is 26.3 Å². The molecule has 0 spiro atoms. The molecule has 1 aromatic heterocycles. The van der Waals surface area contributed by atoms with Crippen molar-refractivity contribution in [1.29, 1.82) is 0 Å². The third-order valence-electron chi connectivity index (χ3n) is 6.07. The lowest BCUT2D eigenvalue weighted by Gasteiger charge is -2.34. The van der Waals surface area contributed by atoms with Crippen molar-refractivity contribution in [2.45, 2.75) is 46.3 Å². The minimum Gasteiger partial charge on any atom is -0.363 e. The Morgan fingerprint density at radius 2 is 1.71 bits per heavy atom. The lowest BCUT2D eigenvalue weighted by atomic mass is 10.1. The highest BCUT2D eigenvalue weighted by Crippen LogP contribution is 2.32. The fourth-order valence-corrected chi connectivity index (χ4v) is 4.11. The molecule has 1 fully saturated rings. The van der Waals surface area contributed by atoms with Gasteiger partial charge in [-0.1, -0.05) is 30.3 Å². The Kier molecular flexibility index (Phi) is 5.80. The van der Waals surface area contributed by atoms with Crippen LogP contribution in [0.4, 0.5) is 11.8 Å². The minimum atomic E-state index is -0.0496. The maximum absolute atomic E-state index is 13.1. The van der Waals surface area contributed by atoms with Crippen molar-refractivity contribution < 1.29 is 9.59 Å². The van der Waals surface area contributed by atoms with E-state index in [1.165, 1.54) is 0 Å². The summed E-state index contributed by atoms with van der Waals surface area (Å²) in [7, 11) is 0. The molecule has 2 aliphatic heterocycles. The van der Waals surface area contributed by atoms with E-state index in [1.807, 2.05) is 41.8 Å². The van der Waals surface area contributed by atoms with Crippen molar-refractivity contribution in [2.75, 3.05) is 36.4 Å². The summed E-state index contributed by atoms with van der Waals surface area (Å²) in [6, 6.07) is 10.3. The molecule has 1 unspecified atom stereocenters. The van der Waals surface area contributed by atoms with Crippen LogP contribution in [0.1, 0.15) is 55.4 Å². The molecule has 31 heavy (non-hydrogen) atoms. The van der Waals surface area contributed by atoms with Gasteiger partial charge in [0.15, 0.2) is 0 Å². The monoisotopic (exact) mass is 422 g/mol. The zero-order chi connectivity index (χ0) is 22.1. The van der Waals surface area contributed by atoms with Gasteiger partial charge in [0.2, 0.25) is 11.9 Å². The van der Waals surface area contributed by atoms with Crippen LogP contribution in [0, 0.1) is 0 Å². The lowest BCUT2D eigenvalue weighted by molar-refractivity contribution is -0.129. The molecule has 0 aliphatic carbocycles. The van der Waals surface area contributed by atoms with Crippen molar-refractivity contribution >= 4 is 23.6 Å². The minimum absolute atomic E-state index is 0.0332. The van der Waals surface area contributed by atoms with E-state index in [9.17, 15) is 9.59 Å². The standard InChI is InChI=1S/C23H30N6O2/c1-15(2)29-14-19-20(22(29)31)25-23(28-12-10-27(11-13-28)17(4)30)26-21(19)24-16(3)18-8-6-5-7-9-18/h5-9,15-16H,10-14H2,1-4H3,(H,24,25,26). The number of rotatable bonds is 5. The summed E-state index contributed by atoms with van der Waals surface area (Å²) in [5.74, 6) is 1.29. The Morgan fingerprint density at radius 3 is 2.32 bits per heavy atom. The third kappa shape index (κ3) is 4.19. The van der Waals surface area contributed by atoms with Crippen LogP contribution in [-0.4, -0.2) is 63.8 Å². The number of carbonyl (C=O) groups excluding carboxylic acids is 2. The average Bonchev–Trinajstić information content (AvgIpc) is 3.11. The first-order valence-electron chi connectivity index (χ1n) is 10.9. The molecule has 3 heterocycles. The molecule has 1 atom stereocenters.